The van der Waals surface area contributed by atoms with Gasteiger partial charge in [-0.2, -0.15) is 0 Å². The third-order valence-corrected chi connectivity index (χ3v) is 5.32. The van der Waals surface area contributed by atoms with Gasteiger partial charge in [-0.3, -0.25) is 4.98 Å². The smallest absolute Gasteiger partial charge is 0.318 e. The highest BCUT2D eigenvalue weighted by atomic mass is 19.1. The molecule has 2 atom stereocenters. The Bertz CT molecular complexity index is 942. The molecule has 0 fully saturated rings. The van der Waals surface area contributed by atoms with E-state index in [0.29, 0.717) is 13.0 Å². The Kier molecular flexibility index (Phi) is 7.17. The summed E-state index contributed by atoms with van der Waals surface area (Å²) in [5.74, 6) is -0.285. The number of aromatic nitrogens is 1. The van der Waals surface area contributed by atoms with Crippen molar-refractivity contribution in [2.45, 2.75) is 39.3 Å². The van der Waals surface area contributed by atoms with E-state index in [4.69, 9.17) is 0 Å². The molecule has 0 aliphatic rings. The van der Waals surface area contributed by atoms with Crippen LogP contribution in [-0.4, -0.2) is 22.5 Å². The minimum absolute atomic E-state index is 0.169. The molecule has 3 rings (SSSR count). The van der Waals surface area contributed by atoms with Gasteiger partial charge in [0, 0.05) is 12.7 Å². The van der Waals surface area contributed by atoms with Gasteiger partial charge in [-0.25, -0.2) is 9.18 Å². The standard InChI is InChI=1S/C25H28FN3O/c1-4-29(19(3)21-12-14-22(26)15-13-21)25(30)28-24(23-7-5-6-16-27-23)17-20-10-8-18(2)9-11-20/h5-16,19,24H,4,17H2,1-3H3,(H,28,30). The van der Waals surface area contributed by atoms with E-state index in [2.05, 4.69) is 41.5 Å². The van der Waals surface area contributed by atoms with Gasteiger partial charge in [0.1, 0.15) is 5.82 Å². The average Bonchev–Trinajstić information content (AvgIpc) is 2.76. The molecule has 0 aliphatic carbocycles. The van der Waals surface area contributed by atoms with Gasteiger partial charge in [0.2, 0.25) is 0 Å². The zero-order valence-corrected chi connectivity index (χ0v) is 17.7. The Hall–Kier alpha value is -3.21. The molecule has 1 N–H and O–H groups in total. The molecule has 3 aromatic rings. The van der Waals surface area contributed by atoms with Crippen LogP contribution in [0.3, 0.4) is 0 Å². The van der Waals surface area contributed by atoms with Crippen LogP contribution in [-0.2, 0) is 6.42 Å². The number of nitrogens with zero attached hydrogens (tertiary/aromatic N) is 2. The first-order chi connectivity index (χ1) is 14.5. The predicted molar refractivity (Wildman–Crippen MR) is 118 cm³/mol. The van der Waals surface area contributed by atoms with Crippen molar-refractivity contribution in [3.05, 3.63) is 101 Å². The molecule has 30 heavy (non-hydrogen) atoms. The summed E-state index contributed by atoms with van der Waals surface area (Å²) in [5.41, 5.74) is 4.03. The van der Waals surface area contributed by atoms with Crippen LogP contribution in [0, 0.1) is 12.7 Å². The van der Waals surface area contributed by atoms with Gasteiger partial charge < -0.3 is 10.2 Å². The maximum Gasteiger partial charge on any atom is 0.318 e. The van der Waals surface area contributed by atoms with E-state index in [1.165, 1.54) is 17.7 Å². The Morgan fingerprint density at radius 1 is 1.07 bits per heavy atom. The molecular weight excluding hydrogens is 377 g/mol. The molecule has 5 heteroatoms. The molecule has 0 saturated heterocycles. The summed E-state index contributed by atoms with van der Waals surface area (Å²) in [6.45, 7) is 6.48. The molecule has 1 aromatic heterocycles. The second-order valence-corrected chi connectivity index (χ2v) is 7.46. The first-order valence-electron chi connectivity index (χ1n) is 10.3. The van der Waals surface area contributed by atoms with Crippen LogP contribution in [0.4, 0.5) is 9.18 Å². The maximum atomic E-state index is 13.3. The van der Waals surface area contributed by atoms with E-state index in [9.17, 15) is 9.18 Å². The maximum absolute atomic E-state index is 13.3. The lowest BCUT2D eigenvalue weighted by Gasteiger charge is -2.31. The number of nitrogens with one attached hydrogen (secondary N) is 1. The Morgan fingerprint density at radius 2 is 1.77 bits per heavy atom. The predicted octanol–water partition coefficient (Wildman–Crippen LogP) is 5.61. The van der Waals surface area contributed by atoms with Crippen molar-refractivity contribution in [1.29, 1.82) is 0 Å². The zero-order chi connectivity index (χ0) is 21.5. The topological polar surface area (TPSA) is 45.2 Å². The molecule has 0 spiro atoms. The van der Waals surface area contributed by atoms with Crippen LogP contribution < -0.4 is 5.32 Å². The van der Waals surface area contributed by atoms with Crippen LogP contribution in [0.15, 0.2) is 72.9 Å². The minimum atomic E-state index is -0.285. The van der Waals surface area contributed by atoms with Gasteiger partial charge in [-0.1, -0.05) is 48.0 Å². The van der Waals surface area contributed by atoms with Crippen molar-refractivity contribution < 1.29 is 9.18 Å². The van der Waals surface area contributed by atoms with E-state index in [-0.39, 0.29) is 23.9 Å². The van der Waals surface area contributed by atoms with Crippen molar-refractivity contribution in [2.24, 2.45) is 0 Å². The number of carbonyl (C=O) groups is 1. The molecule has 0 bridgehead atoms. The molecule has 0 radical (unpaired) electrons. The SMILES string of the molecule is CCN(C(=O)NC(Cc1ccc(C)cc1)c1ccccn1)C(C)c1ccc(F)cc1. The highest BCUT2D eigenvalue weighted by Crippen LogP contribution is 2.23. The van der Waals surface area contributed by atoms with E-state index >= 15 is 0 Å². The molecule has 156 valence electrons. The summed E-state index contributed by atoms with van der Waals surface area (Å²) in [6.07, 6.45) is 2.38. The lowest BCUT2D eigenvalue weighted by Crippen LogP contribution is -2.43. The molecular formula is C25H28FN3O. The van der Waals surface area contributed by atoms with E-state index < -0.39 is 0 Å². The highest BCUT2D eigenvalue weighted by Gasteiger charge is 2.24. The normalized spacial score (nSPS) is 12.8. The number of rotatable bonds is 7. The first kappa shape index (κ1) is 21.5. The molecule has 4 nitrogen and oxygen atoms in total. The summed E-state index contributed by atoms with van der Waals surface area (Å²) in [6, 6.07) is 19.7. The van der Waals surface area contributed by atoms with Gasteiger partial charge in [0.25, 0.3) is 0 Å². The van der Waals surface area contributed by atoms with Crippen LogP contribution in [0.25, 0.3) is 0 Å². The lowest BCUT2D eigenvalue weighted by molar-refractivity contribution is 0.178. The zero-order valence-electron chi connectivity index (χ0n) is 17.7. The van der Waals surface area contributed by atoms with E-state index in [1.807, 2.05) is 32.0 Å². The number of aryl methyl sites for hydroxylation is 1. The van der Waals surface area contributed by atoms with E-state index in [1.54, 1.807) is 23.2 Å². The minimum Gasteiger partial charge on any atom is -0.329 e. The van der Waals surface area contributed by atoms with Crippen molar-refractivity contribution in [2.75, 3.05) is 6.54 Å². The third kappa shape index (κ3) is 5.44. The fourth-order valence-electron chi connectivity index (χ4n) is 3.52. The molecule has 2 unspecified atom stereocenters. The third-order valence-electron chi connectivity index (χ3n) is 5.32. The average molecular weight is 406 g/mol. The molecule has 2 amide bonds. The lowest BCUT2D eigenvalue weighted by atomic mass is 10.0. The largest absolute Gasteiger partial charge is 0.329 e. The van der Waals surface area contributed by atoms with Crippen molar-refractivity contribution in [1.82, 2.24) is 15.2 Å². The number of hydrogen-bond donors (Lipinski definition) is 1. The van der Waals surface area contributed by atoms with E-state index in [0.717, 1.165) is 16.8 Å². The molecule has 0 aliphatic heterocycles. The second-order valence-electron chi connectivity index (χ2n) is 7.46. The highest BCUT2D eigenvalue weighted by molar-refractivity contribution is 5.75. The number of halogens is 1. The molecule has 1 heterocycles. The number of urea groups is 1. The fourth-order valence-corrected chi connectivity index (χ4v) is 3.52. The summed E-state index contributed by atoms with van der Waals surface area (Å²) in [5, 5.41) is 3.16. The Balaban J connectivity index is 1.80. The number of pyridine rings is 1. The summed E-state index contributed by atoms with van der Waals surface area (Å²) >= 11 is 0. The van der Waals surface area contributed by atoms with Gasteiger partial charge >= 0.3 is 6.03 Å². The quantitative estimate of drug-likeness (QED) is 0.556. The van der Waals surface area contributed by atoms with Gasteiger partial charge in [-0.05, 0) is 62.6 Å². The van der Waals surface area contributed by atoms with Gasteiger partial charge in [0.15, 0.2) is 0 Å². The van der Waals surface area contributed by atoms with Crippen LogP contribution in [0.2, 0.25) is 0 Å². The number of amides is 2. The summed E-state index contributed by atoms with van der Waals surface area (Å²) < 4.78 is 13.3. The molecule has 0 saturated carbocycles. The van der Waals surface area contributed by atoms with Crippen LogP contribution in [0.5, 0.6) is 0 Å². The van der Waals surface area contributed by atoms with Gasteiger partial charge in [0.05, 0.1) is 17.8 Å². The van der Waals surface area contributed by atoms with Crippen LogP contribution >= 0.6 is 0 Å². The van der Waals surface area contributed by atoms with Crippen molar-refractivity contribution >= 4 is 6.03 Å². The Morgan fingerprint density at radius 3 is 2.37 bits per heavy atom. The fraction of sp³-hybridized carbons (Fsp3) is 0.280. The van der Waals surface area contributed by atoms with Crippen LogP contribution in [0.1, 0.15) is 48.3 Å². The number of benzene rings is 2. The molecule has 2 aromatic carbocycles. The number of carbonyl (C=O) groups excluding carboxylic acids is 1. The first-order valence-corrected chi connectivity index (χ1v) is 10.3. The number of hydrogen-bond acceptors (Lipinski definition) is 2. The Labute approximate surface area is 177 Å². The van der Waals surface area contributed by atoms with Crippen molar-refractivity contribution in [3.63, 3.8) is 0 Å². The summed E-state index contributed by atoms with van der Waals surface area (Å²) in [4.78, 5) is 19.4. The van der Waals surface area contributed by atoms with Crippen molar-refractivity contribution in [3.8, 4) is 0 Å². The summed E-state index contributed by atoms with van der Waals surface area (Å²) in [7, 11) is 0. The monoisotopic (exact) mass is 405 g/mol. The van der Waals surface area contributed by atoms with Gasteiger partial charge in [-0.15, -0.1) is 0 Å². The second kappa shape index (κ2) is 10.0.